The molecule has 0 aliphatic carbocycles. The second-order valence-electron chi connectivity index (χ2n) is 6.45. The third-order valence-corrected chi connectivity index (χ3v) is 4.92. The number of nitrogens with one attached hydrogen (secondary N) is 1. The maximum atomic E-state index is 9.19. The van der Waals surface area contributed by atoms with E-state index in [0.29, 0.717) is 12.4 Å². The summed E-state index contributed by atoms with van der Waals surface area (Å²) in [5.74, 6) is 0.827. The maximum Gasteiger partial charge on any atom is 0.252 e. The van der Waals surface area contributed by atoms with Crippen LogP contribution in [0.3, 0.4) is 0 Å². The van der Waals surface area contributed by atoms with Crippen LogP contribution >= 0.6 is 0 Å². The number of ether oxygens (including phenoxy) is 1. The Bertz CT molecular complexity index is 1170. The zero-order chi connectivity index (χ0) is 19.1. The minimum absolute atomic E-state index is 0.160. The van der Waals surface area contributed by atoms with Gasteiger partial charge in [-0.25, -0.2) is 14.5 Å². The fourth-order valence-corrected chi connectivity index (χ4v) is 3.64. The molecule has 4 aromatic heterocycles. The van der Waals surface area contributed by atoms with Crippen molar-refractivity contribution in [1.29, 1.82) is 5.26 Å². The standard InChI is InChI=1S/C19H16N8O/c1-28-19-15(9-20)21-10-16(24-19)26-7-5-13-17(23-11-22-13)18(26)14-8-12-4-2-3-6-27(12)25-14/h2-4,6,8,10-11,18H,5,7H2,1H3,(H,22,23)/t18-/m0/s1. The summed E-state index contributed by atoms with van der Waals surface area (Å²) in [5.41, 5.74) is 4.03. The number of methoxy groups -OCH3 is 1. The number of nitriles is 1. The van der Waals surface area contributed by atoms with E-state index in [1.807, 2.05) is 35.0 Å². The number of pyridine rings is 1. The molecule has 1 N–H and O–H groups in total. The van der Waals surface area contributed by atoms with E-state index in [1.54, 1.807) is 12.5 Å². The molecule has 138 valence electrons. The molecule has 1 atom stereocenters. The molecule has 0 amide bonds. The molecular formula is C19H16N8O. The Labute approximate surface area is 160 Å². The maximum absolute atomic E-state index is 9.19. The van der Waals surface area contributed by atoms with Crippen molar-refractivity contribution < 1.29 is 4.74 Å². The van der Waals surface area contributed by atoms with Gasteiger partial charge >= 0.3 is 0 Å². The van der Waals surface area contributed by atoms with Crippen LogP contribution in [0.2, 0.25) is 0 Å². The van der Waals surface area contributed by atoms with Gasteiger partial charge in [0.2, 0.25) is 5.69 Å². The van der Waals surface area contributed by atoms with Gasteiger partial charge in [0, 0.05) is 24.9 Å². The van der Waals surface area contributed by atoms with Crippen LogP contribution in [0.15, 0.2) is 43.0 Å². The summed E-state index contributed by atoms with van der Waals surface area (Å²) in [7, 11) is 1.48. The molecule has 0 fully saturated rings. The van der Waals surface area contributed by atoms with Crippen molar-refractivity contribution in [2.24, 2.45) is 0 Å². The summed E-state index contributed by atoms with van der Waals surface area (Å²) in [6, 6.07) is 9.77. The first-order valence-corrected chi connectivity index (χ1v) is 8.82. The van der Waals surface area contributed by atoms with Crippen molar-refractivity contribution in [2.75, 3.05) is 18.6 Å². The molecule has 1 aliphatic rings. The van der Waals surface area contributed by atoms with Crippen LogP contribution in [0.4, 0.5) is 5.82 Å². The summed E-state index contributed by atoms with van der Waals surface area (Å²) in [4.78, 5) is 18.6. The van der Waals surface area contributed by atoms with Gasteiger partial charge < -0.3 is 14.6 Å². The SMILES string of the molecule is COc1nc(N2CCc3[nH]cnc3[C@@H]2c2cc3ccccn3n2)cnc1C#N. The second kappa shape index (κ2) is 6.35. The Morgan fingerprint density at radius 1 is 1.32 bits per heavy atom. The topological polar surface area (TPSA) is 108 Å². The normalized spacial score (nSPS) is 16.0. The molecule has 1 aliphatic heterocycles. The van der Waals surface area contributed by atoms with Crippen LogP contribution in [0, 0.1) is 11.3 Å². The predicted molar refractivity (Wildman–Crippen MR) is 100.0 cm³/mol. The van der Waals surface area contributed by atoms with Gasteiger partial charge in [0.1, 0.15) is 12.1 Å². The Morgan fingerprint density at radius 2 is 2.25 bits per heavy atom. The third-order valence-electron chi connectivity index (χ3n) is 4.92. The first kappa shape index (κ1) is 16.3. The molecule has 0 bridgehead atoms. The van der Waals surface area contributed by atoms with Gasteiger partial charge in [-0.1, -0.05) is 6.07 Å². The molecular weight excluding hydrogens is 356 g/mol. The molecule has 4 aromatic rings. The second-order valence-corrected chi connectivity index (χ2v) is 6.45. The van der Waals surface area contributed by atoms with Gasteiger partial charge in [-0.15, -0.1) is 0 Å². The summed E-state index contributed by atoms with van der Waals surface area (Å²) in [6.45, 7) is 0.706. The lowest BCUT2D eigenvalue weighted by atomic mass is 10.00. The van der Waals surface area contributed by atoms with E-state index in [-0.39, 0.29) is 17.6 Å². The number of hydrogen-bond donors (Lipinski definition) is 1. The van der Waals surface area contributed by atoms with Crippen LogP contribution in [0.1, 0.15) is 28.8 Å². The van der Waals surface area contributed by atoms with Crippen molar-refractivity contribution in [2.45, 2.75) is 12.5 Å². The van der Waals surface area contributed by atoms with Gasteiger partial charge in [0.25, 0.3) is 5.88 Å². The fraction of sp³-hybridized carbons (Fsp3) is 0.211. The third kappa shape index (κ3) is 2.46. The van der Waals surface area contributed by atoms with Crippen molar-refractivity contribution >= 4 is 11.3 Å². The Hall–Kier alpha value is -3.93. The number of aromatic amines is 1. The molecule has 28 heavy (non-hydrogen) atoms. The minimum atomic E-state index is -0.221. The van der Waals surface area contributed by atoms with Gasteiger partial charge in [0.05, 0.1) is 36.5 Å². The van der Waals surface area contributed by atoms with Crippen LogP contribution in [0.25, 0.3) is 5.52 Å². The largest absolute Gasteiger partial charge is 0.479 e. The molecule has 9 nitrogen and oxygen atoms in total. The number of imidazole rings is 1. The lowest BCUT2D eigenvalue weighted by Gasteiger charge is -2.34. The van der Waals surface area contributed by atoms with Crippen molar-refractivity contribution in [1.82, 2.24) is 29.5 Å². The molecule has 9 heteroatoms. The Morgan fingerprint density at radius 3 is 3.07 bits per heavy atom. The van der Waals surface area contributed by atoms with E-state index in [0.717, 1.165) is 29.0 Å². The van der Waals surface area contributed by atoms with Gasteiger partial charge in [-0.2, -0.15) is 15.3 Å². The predicted octanol–water partition coefficient (Wildman–Crippen LogP) is 1.88. The smallest absolute Gasteiger partial charge is 0.252 e. The number of nitrogens with zero attached hydrogens (tertiary/aromatic N) is 7. The van der Waals surface area contributed by atoms with Gasteiger partial charge in [0.15, 0.2) is 5.82 Å². The zero-order valence-corrected chi connectivity index (χ0v) is 15.1. The number of fused-ring (bicyclic) bond motifs is 2. The fourth-order valence-electron chi connectivity index (χ4n) is 3.64. The number of H-pyrrole nitrogens is 1. The highest BCUT2D eigenvalue weighted by Crippen LogP contribution is 2.36. The van der Waals surface area contributed by atoms with E-state index in [4.69, 9.17) is 9.84 Å². The van der Waals surface area contributed by atoms with E-state index in [2.05, 4.69) is 30.9 Å². The summed E-state index contributed by atoms with van der Waals surface area (Å²) < 4.78 is 7.09. The van der Waals surface area contributed by atoms with E-state index < -0.39 is 0 Å². The van der Waals surface area contributed by atoms with Gasteiger partial charge in [-0.3, -0.25) is 0 Å². The first-order chi connectivity index (χ1) is 13.8. The number of anilines is 1. The van der Waals surface area contributed by atoms with Gasteiger partial charge in [-0.05, 0) is 18.2 Å². The highest BCUT2D eigenvalue weighted by Gasteiger charge is 2.34. The average molecular weight is 372 g/mol. The zero-order valence-electron chi connectivity index (χ0n) is 15.1. The van der Waals surface area contributed by atoms with Crippen LogP contribution in [-0.4, -0.2) is 43.2 Å². The van der Waals surface area contributed by atoms with Crippen LogP contribution in [-0.2, 0) is 6.42 Å². The molecule has 5 rings (SSSR count). The molecule has 0 saturated heterocycles. The minimum Gasteiger partial charge on any atom is -0.479 e. The Balaban J connectivity index is 1.65. The number of aromatic nitrogens is 6. The molecule has 0 spiro atoms. The van der Waals surface area contributed by atoms with Crippen molar-refractivity contribution in [3.05, 3.63) is 65.8 Å². The number of hydrogen-bond acceptors (Lipinski definition) is 7. The van der Waals surface area contributed by atoms with Crippen molar-refractivity contribution in [3.63, 3.8) is 0 Å². The molecule has 0 saturated carbocycles. The van der Waals surface area contributed by atoms with Crippen LogP contribution < -0.4 is 9.64 Å². The monoisotopic (exact) mass is 372 g/mol. The Kier molecular flexibility index (Phi) is 3.69. The lowest BCUT2D eigenvalue weighted by Crippen LogP contribution is -2.37. The summed E-state index contributed by atoms with van der Waals surface area (Å²) in [6.07, 6.45) is 6.02. The molecule has 5 heterocycles. The van der Waals surface area contributed by atoms with E-state index in [9.17, 15) is 5.26 Å². The molecule has 0 aromatic carbocycles. The van der Waals surface area contributed by atoms with E-state index in [1.165, 1.54) is 7.11 Å². The average Bonchev–Trinajstić information content (AvgIpc) is 3.39. The summed E-state index contributed by atoms with van der Waals surface area (Å²) >= 11 is 0. The number of rotatable bonds is 3. The highest BCUT2D eigenvalue weighted by molar-refractivity contribution is 5.54. The van der Waals surface area contributed by atoms with Crippen molar-refractivity contribution in [3.8, 4) is 11.9 Å². The molecule has 0 radical (unpaired) electrons. The van der Waals surface area contributed by atoms with Crippen LogP contribution in [0.5, 0.6) is 5.88 Å². The lowest BCUT2D eigenvalue weighted by molar-refractivity contribution is 0.393. The highest BCUT2D eigenvalue weighted by atomic mass is 16.5. The van der Waals surface area contributed by atoms with E-state index >= 15 is 0 Å². The quantitative estimate of drug-likeness (QED) is 0.585. The summed E-state index contributed by atoms with van der Waals surface area (Å²) in [5, 5.41) is 13.9. The first-order valence-electron chi connectivity index (χ1n) is 8.82. The molecule has 0 unspecified atom stereocenters.